The van der Waals surface area contributed by atoms with Gasteiger partial charge in [0.2, 0.25) is 11.8 Å². The Balaban J connectivity index is 1.99. The minimum atomic E-state index is -0.780. The molecule has 1 saturated heterocycles. The Hall–Kier alpha value is -1.49. The van der Waals surface area contributed by atoms with Crippen LogP contribution >= 0.6 is 0 Å². The molecule has 1 aliphatic heterocycles. The van der Waals surface area contributed by atoms with Gasteiger partial charge < -0.3 is 5.11 Å². The first-order valence-corrected chi connectivity index (χ1v) is 7.10. The van der Waals surface area contributed by atoms with Gasteiger partial charge in [0, 0.05) is 18.8 Å². The molecule has 0 aromatic heterocycles. The first-order chi connectivity index (χ1) is 9.36. The average molecular weight is 279 g/mol. The number of rotatable bonds is 3. The van der Waals surface area contributed by atoms with Gasteiger partial charge in [-0.15, -0.1) is 0 Å². The predicted octanol–water partition coefficient (Wildman–Crippen LogP) is 0.962. The van der Waals surface area contributed by atoms with Gasteiger partial charge in [-0.2, -0.15) is 0 Å². The van der Waals surface area contributed by atoms with Gasteiger partial charge in [-0.05, 0) is 37.2 Å². The highest BCUT2D eigenvalue weighted by Crippen LogP contribution is 2.31. The molecule has 0 radical (unpaired) electrons. The fourth-order valence-electron chi connectivity index (χ4n) is 3.24. The quantitative estimate of drug-likeness (QED) is 0.754. The molecule has 0 aromatic carbocycles. The van der Waals surface area contributed by atoms with Crippen LogP contribution in [0.2, 0.25) is 0 Å². The fraction of sp³-hybridized carbons (Fsp3) is 0.667. The molecule has 2 amide bonds. The highest BCUT2D eigenvalue weighted by atomic mass is 16.3. The van der Waals surface area contributed by atoms with Crippen molar-refractivity contribution in [1.82, 2.24) is 5.32 Å². The van der Waals surface area contributed by atoms with Gasteiger partial charge in [0.05, 0.1) is 6.10 Å². The van der Waals surface area contributed by atoms with Gasteiger partial charge >= 0.3 is 0 Å². The Morgan fingerprint density at radius 3 is 2.50 bits per heavy atom. The van der Waals surface area contributed by atoms with Gasteiger partial charge in [0.15, 0.2) is 5.78 Å². The largest absolute Gasteiger partial charge is 0.392 e. The van der Waals surface area contributed by atoms with Crippen LogP contribution in [0.4, 0.5) is 0 Å². The molecule has 2 N–H and O–H groups in total. The van der Waals surface area contributed by atoms with E-state index >= 15 is 0 Å². The Morgan fingerprint density at radius 2 is 1.90 bits per heavy atom. The number of hydrogen-bond acceptors (Lipinski definition) is 4. The van der Waals surface area contributed by atoms with Crippen LogP contribution in [0.25, 0.3) is 0 Å². The molecule has 0 spiro atoms. The van der Waals surface area contributed by atoms with E-state index in [0.717, 1.165) is 0 Å². The second kappa shape index (κ2) is 5.87. The summed E-state index contributed by atoms with van der Waals surface area (Å²) in [6.45, 7) is 3.79. The van der Waals surface area contributed by atoms with Crippen LogP contribution in [0.5, 0.6) is 0 Å². The fourth-order valence-corrected chi connectivity index (χ4v) is 3.24. The van der Waals surface area contributed by atoms with E-state index < -0.39 is 12.0 Å². The van der Waals surface area contributed by atoms with E-state index in [-0.39, 0.29) is 42.3 Å². The number of Topliss-reactive ketones (excluding diaryl/α,β-unsaturated/α-hetero) is 1. The number of ketones is 1. The molecule has 5 heteroatoms. The molecule has 0 unspecified atom stereocenters. The number of amides is 2. The van der Waals surface area contributed by atoms with Crippen molar-refractivity contribution in [3.05, 3.63) is 11.6 Å². The van der Waals surface area contributed by atoms with Crippen LogP contribution in [-0.4, -0.2) is 28.8 Å². The maximum atomic E-state index is 12.1. The molecule has 20 heavy (non-hydrogen) atoms. The maximum absolute atomic E-state index is 12.1. The third kappa shape index (κ3) is 3.33. The van der Waals surface area contributed by atoms with Crippen LogP contribution in [0.15, 0.2) is 11.6 Å². The number of imide groups is 1. The SMILES string of the molecule is CC1=C[C@H](C)C[C@H]([C@@H](O)CC2CC(=O)NC(=O)C2)C1=O. The number of aliphatic hydroxyl groups is 1. The van der Waals surface area contributed by atoms with Crippen LogP contribution in [0.1, 0.15) is 39.5 Å². The first kappa shape index (κ1) is 14.9. The summed E-state index contributed by atoms with van der Waals surface area (Å²) in [6, 6.07) is 0. The molecule has 3 atom stereocenters. The molecule has 0 aromatic rings. The van der Waals surface area contributed by atoms with Crippen LogP contribution in [0.3, 0.4) is 0 Å². The summed E-state index contributed by atoms with van der Waals surface area (Å²) in [5.41, 5.74) is 0.699. The number of aliphatic hydroxyl groups excluding tert-OH is 1. The van der Waals surface area contributed by atoms with E-state index in [9.17, 15) is 19.5 Å². The smallest absolute Gasteiger partial charge is 0.226 e. The molecule has 1 aliphatic carbocycles. The summed E-state index contributed by atoms with van der Waals surface area (Å²) in [5, 5.41) is 12.6. The van der Waals surface area contributed by atoms with Crippen molar-refractivity contribution in [1.29, 1.82) is 0 Å². The summed E-state index contributed by atoms with van der Waals surface area (Å²) in [4.78, 5) is 34.7. The molecule has 5 nitrogen and oxygen atoms in total. The summed E-state index contributed by atoms with van der Waals surface area (Å²) in [7, 11) is 0. The summed E-state index contributed by atoms with van der Waals surface area (Å²) in [5.74, 6) is -0.905. The lowest BCUT2D eigenvalue weighted by Gasteiger charge is -2.31. The third-order valence-corrected chi connectivity index (χ3v) is 4.15. The molecule has 1 fully saturated rings. The monoisotopic (exact) mass is 279 g/mol. The van der Waals surface area contributed by atoms with E-state index in [1.807, 2.05) is 13.0 Å². The van der Waals surface area contributed by atoms with E-state index in [1.165, 1.54) is 0 Å². The second-order valence-electron chi connectivity index (χ2n) is 6.08. The van der Waals surface area contributed by atoms with Crippen LogP contribution in [0, 0.1) is 17.8 Å². The van der Waals surface area contributed by atoms with Gasteiger partial charge in [-0.25, -0.2) is 0 Å². The highest BCUT2D eigenvalue weighted by molar-refractivity contribution is 5.98. The van der Waals surface area contributed by atoms with Crippen LogP contribution in [-0.2, 0) is 14.4 Å². The molecule has 0 saturated carbocycles. The molecule has 110 valence electrons. The number of piperidine rings is 1. The molecular formula is C15H21NO4. The number of carbonyl (C=O) groups excluding carboxylic acids is 3. The molecule has 2 rings (SSSR count). The van der Waals surface area contributed by atoms with Gasteiger partial charge in [0.25, 0.3) is 0 Å². The van der Waals surface area contributed by atoms with E-state index in [1.54, 1.807) is 6.92 Å². The number of allylic oxidation sites excluding steroid dienone is 2. The molecule has 1 heterocycles. The number of carbonyl (C=O) groups is 3. The molecule has 0 bridgehead atoms. The summed E-state index contributed by atoms with van der Waals surface area (Å²) >= 11 is 0. The van der Waals surface area contributed by atoms with Crippen molar-refractivity contribution in [3.8, 4) is 0 Å². The van der Waals surface area contributed by atoms with E-state index in [2.05, 4.69) is 5.32 Å². The first-order valence-electron chi connectivity index (χ1n) is 7.10. The van der Waals surface area contributed by atoms with E-state index in [4.69, 9.17) is 0 Å². The third-order valence-electron chi connectivity index (χ3n) is 4.15. The second-order valence-corrected chi connectivity index (χ2v) is 6.08. The maximum Gasteiger partial charge on any atom is 0.226 e. The lowest BCUT2D eigenvalue weighted by atomic mass is 9.76. The Bertz CT molecular complexity index is 452. The zero-order valence-electron chi connectivity index (χ0n) is 11.9. The topological polar surface area (TPSA) is 83.5 Å². The average Bonchev–Trinajstić information content (AvgIpc) is 2.32. The number of nitrogens with one attached hydrogen (secondary N) is 1. The summed E-state index contributed by atoms with van der Waals surface area (Å²) in [6.07, 6.45) is 2.60. The van der Waals surface area contributed by atoms with Gasteiger partial charge in [0.1, 0.15) is 0 Å². The van der Waals surface area contributed by atoms with Crippen molar-refractivity contribution in [2.45, 2.75) is 45.6 Å². The molecular weight excluding hydrogens is 258 g/mol. The molecule has 2 aliphatic rings. The standard InChI is InChI=1S/C15H21NO4/c1-8-3-9(2)15(20)11(4-8)12(17)5-10-6-13(18)16-14(19)7-10/h3,8,10-12,17H,4-7H2,1-2H3,(H,16,18,19)/t8-,11+,12-/m0/s1. The normalized spacial score (nSPS) is 29.9. The lowest BCUT2D eigenvalue weighted by Crippen LogP contribution is -2.41. The van der Waals surface area contributed by atoms with Gasteiger partial charge in [-0.1, -0.05) is 13.0 Å². The Kier molecular flexibility index (Phi) is 4.38. The highest BCUT2D eigenvalue weighted by Gasteiger charge is 2.35. The predicted molar refractivity (Wildman–Crippen MR) is 72.5 cm³/mol. The van der Waals surface area contributed by atoms with Crippen molar-refractivity contribution >= 4 is 17.6 Å². The Morgan fingerprint density at radius 1 is 1.30 bits per heavy atom. The minimum absolute atomic E-state index is 0.0119. The zero-order valence-corrected chi connectivity index (χ0v) is 11.9. The van der Waals surface area contributed by atoms with Crippen molar-refractivity contribution in [3.63, 3.8) is 0 Å². The van der Waals surface area contributed by atoms with Crippen LogP contribution < -0.4 is 5.32 Å². The van der Waals surface area contributed by atoms with Crippen molar-refractivity contribution in [2.75, 3.05) is 0 Å². The Labute approximate surface area is 118 Å². The lowest BCUT2D eigenvalue weighted by molar-refractivity contribution is -0.135. The van der Waals surface area contributed by atoms with Crippen molar-refractivity contribution in [2.24, 2.45) is 17.8 Å². The van der Waals surface area contributed by atoms with E-state index in [0.29, 0.717) is 18.4 Å². The number of hydrogen-bond donors (Lipinski definition) is 2. The zero-order chi connectivity index (χ0) is 14.9. The summed E-state index contributed by atoms with van der Waals surface area (Å²) < 4.78 is 0. The van der Waals surface area contributed by atoms with Gasteiger partial charge in [-0.3, -0.25) is 19.7 Å². The van der Waals surface area contributed by atoms with Crippen molar-refractivity contribution < 1.29 is 19.5 Å². The minimum Gasteiger partial charge on any atom is -0.392 e.